The number of para-hydroxylation sites is 1. The summed E-state index contributed by atoms with van der Waals surface area (Å²) in [6.07, 6.45) is 3.47. The Labute approximate surface area is 145 Å². The minimum Gasteiger partial charge on any atom is -0.494 e. The van der Waals surface area contributed by atoms with Crippen molar-refractivity contribution in [3.8, 4) is 5.75 Å². The van der Waals surface area contributed by atoms with Crippen molar-refractivity contribution in [2.45, 2.75) is 39.5 Å². The van der Waals surface area contributed by atoms with Crippen LogP contribution in [0.1, 0.15) is 38.7 Å². The van der Waals surface area contributed by atoms with Crippen LogP contribution in [0, 0.1) is 5.41 Å². The van der Waals surface area contributed by atoms with Gasteiger partial charge in [0, 0.05) is 26.2 Å². The average Bonchev–Trinajstić information content (AvgIpc) is 2.63. The van der Waals surface area contributed by atoms with Crippen LogP contribution >= 0.6 is 0 Å². The van der Waals surface area contributed by atoms with E-state index in [4.69, 9.17) is 4.74 Å². The van der Waals surface area contributed by atoms with Crippen LogP contribution in [0.25, 0.3) is 0 Å². The van der Waals surface area contributed by atoms with E-state index in [0.29, 0.717) is 13.2 Å². The fourth-order valence-electron chi connectivity index (χ4n) is 3.23. The maximum Gasteiger partial charge on any atom is 0.317 e. The number of carbonyl (C=O) groups excluding carboxylic acids is 1. The van der Waals surface area contributed by atoms with Gasteiger partial charge >= 0.3 is 6.03 Å². The molecule has 0 spiro atoms. The molecule has 0 atom stereocenters. The lowest BCUT2D eigenvalue weighted by Crippen LogP contribution is -2.48. The molecule has 1 aliphatic heterocycles. The minimum atomic E-state index is -0.00784. The Balaban J connectivity index is 1.78. The van der Waals surface area contributed by atoms with Crippen LogP contribution < -0.4 is 10.1 Å². The quantitative estimate of drug-likeness (QED) is 0.806. The van der Waals surface area contributed by atoms with Crippen LogP contribution in [0.5, 0.6) is 5.75 Å². The molecular formula is C19H30N2O3. The third kappa shape index (κ3) is 4.63. The molecule has 2 rings (SSSR count). The van der Waals surface area contributed by atoms with E-state index < -0.39 is 0 Å². The zero-order chi connectivity index (χ0) is 17.4. The lowest BCUT2D eigenvalue weighted by atomic mass is 9.77. The molecule has 0 unspecified atom stereocenters. The maximum absolute atomic E-state index is 12.3. The van der Waals surface area contributed by atoms with Crippen molar-refractivity contribution in [2.24, 2.45) is 5.41 Å². The van der Waals surface area contributed by atoms with Gasteiger partial charge in [-0.2, -0.15) is 0 Å². The lowest BCUT2D eigenvalue weighted by Gasteiger charge is -2.40. The van der Waals surface area contributed by atoms with Gasteiger partial charge in [-0.15, -0.1) is 0 Å². The van der Waals surface area contributed by atoms with Gasteiger partial charge in [0.1, 0.15) is 5.75 Å². The molecule has 1 aromatic rings. The zero-order valence-electron chi connectivity index (χ0n) is 14.9. The number of aliphatic hydroxyl groups is 1. The van der Waals surface area contributed by atoms with Crippen LogP contribution in [0.4, 0.5) is 4.79 Å². The van der Waals surface area contributed by atoms with E-state index in [9.17, 15) is 9.90 Å². The largest absolute Gasteiger partial charge is 0.494 e. The van der Waals surface area contributed by atoms with E-state index in [1.165, 1.54) is 0 Å². The second kappa shape index (κ2) is 8.92. The molecule has 1 saturated heterocycles. The Morgan fingerprint density at radius 1 is 1.29 bits per heavy atom. The van der Waals surface area contributed by atoms with Gasteiger partial charge in [-0.1, -0.05) is 25.1 Å². The summed E-state index contributed by atoms with van der Waals surface area (Å²) >= 11 is 0. The van der Waals surface area contributed by atoms with Gasteiger partial charge < -0.3 is 20.1 Å². The number of aliphatic hydroxyl groups excluding tert-OH is 1. The second-order valence-corrected chi connectivity index (χ2v) is 6.52. The number of nitrogens with zero attached hydrogens (tertiary/aromatic N) is 1. The van der Waals surface area contributed by atoms with Crippen molar-refractivity contribution in [1.82, 2.24) is 10.2 Å². The first-order chi connectivity index (χ1) is 11.6. The van der Waals surface area contributed by atoms with Gasteiger partial charge in [-0.3, -0.25) is 0 Å². The summed E-state index contributed by atoms with van der Waals surface area (Å²) in [4.78, 5) is 14.2. The van der Waals surface area contributed by atoms with Gasteiger partial charge in [-0.25, -0.2) is 4.79 Å². The summed E-state index contributed by atoms with van der Waals surface area (Å²) < 4.78 is 5.61. The number of hydrogen-bond donors (Lipinski definition) is 2. The third-order valence-electron chi connectivity index (χ3n) is 5.14. The second-order valence-electron chi connectivity index (χ2n) is 6.52. The van der Waals surface area contributed by atoms with Crippen LogP contribution in [0.15, 0.2) is 24.3 Å². The van der Waals surface area contributed by atoms with Crippen LogP contribution in [-0.2, 0) is 6.42 Å². The number of likely N-dealkylation sites (tertiary alicyclic amines) is 1. The fourth-order valence-corrected chi connectivity index (χ4v) is 3.23. The molecule has 0 aliphatic carbocycles. The van der Waals surface area contributed by atoms with Crippen molar-refractivity contribution in [3.05, 3.63) is 29.8 Å². The highest BCUT2D eigenvalue weighted by Crippen LogP contribution is 2.34. The molecule has 5 nitrogen and oxygen atoms in total. The van der Waals surface area contributed by atoms with E-state index in [0.717, 1.165) is 50.1 Å². The number of urea groups is 1. The molecule has 0 saturated carbocycles. The minimum absolute atomic E-state index is 0.00715. The molecule has 1 fully saturated rings. The van der Waals surface area contributed by atoms with Gasteiger partial charge in [-0.05, 0) is 49.7 Å². The van der Waals surface area contributed by atoms with Crippen LogP contribution in [-0.4, -0.2) is 48.9 Å². The van der Waals surface area contributed by atoms with Crippen LogP contribution in [0.3, 0.4) is 0 Å². The molecule has 2 amide bonds. The number of ether oxygens (including phenoxy) is 1. The molecule has 24 heavy (non-hydrogen) atoms. The Kier molecular flexibility index (Phi) is 6.91. The summed E-state index contributed by atoms with van der Waals surface area (Å²) in [5.41, 5.74) is 1.12. The number of benzene rings is 1. The van der Waals surface area contributed by atoms with Crippen molar-refractivity contribution in [3.63, 3.8) is 0 Å². The Morgan fingerprint density at radius 3 is 2.62 bits per heavy atom. The normalized spacial score (nSPS) is 16.7. The van der Waals surface area contributed by atoms with E-state index in [1.807, 2.05) is 36.1 Å². The molecule has 2 N–H and O–H groups in total. The predicted molar refractivity (Wildman–Crippen MR) is 95.3 cm³/mol. The molecule has 0 radical (unpaired) electrons. The highest BCUT2D eigenvalue weighted by Gasteiger charge is 2.33. The topological polar surface area (TPSA) is 61.8 Å². The molecule has 1 aliphatic rings. The Morgan fingerprint density at radius 2 is 2.00 bits per heavy atom. The predicted octanol–water partition coefficient (Wildman–Crippen LogP) is 2.82. The summed E-state index contributed by atoms with van der Waals surface area (Å²) in [5.74, 6) is 0.892. The van der Waals surface area contributed by atoms with Gasteiger partial charge in [0.05, 0.1) is 6.61 Å². The molecule has 0 bridgehead atoms. The summed E-state index contributed by atoms with van der Waals surface area (Å²) in [5, 5.41) is 12.6. The summed E-state index contributed by atoms with van der Waals surface area (Å²) in [6.45, 7) is 6.97. The molecule has 1 aromatic carbocycles. The molecular weight excluding hydrogens is 304 g/mol. The van der Waals surface area contributed by atoms with E-state index in [2.05, 4.69) is 12.2 Å². The first-order valence-corrected chi connectivity index (χ1v) is 8.98. The number of rotatable bonds is 7. The monoisotopic (exact) mass is 334 g/mol. The van der Waals surface area contributed by atoms with E-state index >= 15 is 0 Å². The average molecular weight is 334 g/mol. The smallest absolute Gasteiger partial charge is 0.317 e. The molecule has 5 heteroatoms. The van der Waals surface area contributed by atoms with Crippen molar-refractivity contribution in [1.29, 1.82) is 0 Å². The van der Waals surface area contributed by atoms with Gasteiger partial charge in [0.25, 0.3) is 0 Å². The highest BCUT2D eigenvalue weighted by atomic mass is 16.5. The van der Waals surface area contributed by atoms with E-state index in [-0.39, 0.29) is 18.1 Å². The third-order valence-corrected chi connectivity index (χ3v) is 5.14. The standard InChI is InChI=1S/C19H30N2O3/c1-3-19(15-22)10-13-21(14-11-19)18(23)20-12-9-16-7-5-6-8-17(16)24-4-2/h5-8,22H,3-4,9-15H2,1-2H3,(H,20,23). The van der Waals surface area contributed by atoms with Gasteiger partial charge in [0.2, 0.25) is 0 Å². The molecule has 0 aromatic heterocycles. The lowest BCUT2D eigenvalue weighted by molar-refractivity contribution is 0.0520. The number of nitrogens with one attached hydrogen (secondary N) is 1. The maximum atomic E-state index is 12.3. The van der Waals surface area contributed by atoms with Crippen LogP contribution in [0.2, 0.25) is 0 Å². The summed E-state index contributed by atoms with van der Waals surface area (Å²) in [6, 6.07) is 7.94. The highest BCUT2D eigenvalue weighted by molar-refractivity contribution is 5.74. The first kappa shape index (κ1) is 18.6. The fraction of sp³-hybridized carbons (Fsp3) is 0.632. The Hall–Kier alpha value is -1.75. The number of piperidine rings is 1. The Bertz CT molecular complexity index is 519. The van der Waals surface area contributed by atoms with Crippen molar-refractivity contribution in [2.75, 3.05) is 32.8 Å². The van der Waals surface area contributed by atoms with Crippen molar-refractivity contribution >= 4 is 6.03 Å². The SMILES string of the molecule is CCOc1ccccc1CCNC(=O)N1CCC(CC)(CO)CC1. The summed E-state index contributed by atoms with van der Waals surface area (Å²) in [7, 11) is 0. The van der Waals surface area contributed by atoms with E-state index in [1.54, 1.807) is 0 Å². The number of amides is 2. The number of carbonyl (C=O) groups is 1. The number of hydrogen-bond acceptors (Lipinski definition) is 3. The van der Waals surface area contributed by atoms with Gasteiger partial charge in [0.15, 0.2) is 0 Å². The first-order valence-electron chi connectivity index (χ1n) is 8.98. The zero-order valence-corrected chi connectivity index (χ0v) is 14.9. The molecule has 134 valence electrons. The molecule has 1 heterocycles. The van der Waals surface area contributed by atoms with Crippen molar-refractivity contribution < 1.29 is 14.6 Å².